The van der Waals surface area contributed by atoms with Gasteiger partial charge in [-0.15, -0.1) is 0 Å². The molecule has 0 aromatic heterocycles. The fraction of sp³-hybridized carbons (Fsp3) is 0.429. The van der Waals surface area contributed by atoms with E-state index >= 15 is 0 Å². The predicted molar refractivity (Wildman–Crippen MR) is 170 cm³/mol. The number of fused-ring (bicyclic) bond motifs is 1. The smallest absolute Gasteiger partial charge is 0.314 e. The first-order chi connectivity index (χ1) is 20.8. The van der Waals surface area contributed by atoms with Crippen molar-refractivity contribution >= 4 is 23.2 Å². The van der Waals surface area contributed by atoms with Gasteiger partial charge in [-0.2, -0.15) is 0 Å². The number of nitrogens with zero attached hydrogens (tertiary/aromatic N) is 2. The summed E-state index contributed by atoms with van der Waals surface area (Å²) in [7, 11) is 0. The third-order valence-corrected chi connectivity index (χ3v) is 8.71. The van der Waals surface area contributed by atoms with E-state index in [1.54, 1.807) is 0 Å². The average molecular weight is 603 g/mol. The van der Waals surface area contributed by atoms with Crippen LogP contribution in [-0.2, 0) is 27.0 Å². The molecule has 1 heterocycles. The van der Waals surface area contributed by atoms with Crippen LogP contribution in [0.15, 0.2) is 60.7 Å². The van der Waals surface area contributed by atoms with Crippen molar-refractivity contribution in [2.45, 2.75) is 91.3 Å². The Labute approximate surface area is 259 Å². The molecule has 0 saturated carbocycles. The summed E-state index contributed by atoms with van der Waals surface area (Å²) in [5, 5.41) is 11.9. The number of benzene rings is 3. The monoisotopic (exact) mass is 602 g/mol. The molecule has 0 fully saturated rings. The Bertz CT molecular complexity index is 1530. The SMILES string of the molecule is CCC(Oc1ccc(C(C)(C)CC)cc1C(C)(C)CC)C(=O)N1C(=O)COc2cc([N+](=O)[O-])c(OCc3ccccc3)cc21. The number of carbonyl (C=O) groups is 2. The molecule has 3 aromatic rings. The molecule has 2 amide bonds. The predicted octanol–water partition coefficient (Wildman–Crippen LogP) is 7.66. The molecular formula is C35H42N2O7. The lowest BCUT2D eigenvalue weighted by molar-refractivity contribution is -0.386. The number of rotatable bonds is 12. The van der Waals surface area contributed by atoms with Crippen LogP contribution in [0.4, 0.5) is 11.4 Å². The first kappa shape index (κ1) is 32.5. The number of nitro groups is 1. The highest BCUT2D eigenvalue weighted by molar-refractivity contribution is 6.18. The highest BCUT2D eigenvalue weighted by Crippen LogP contribution is 2.43. The van der Waals surface area contributed by atoms with Gasteiger partial charge in [0.2, 0.25) is 0 Å². The van der Waals surface area contributed by atoms with E-state index in [1.807, 2.05) is 49.4 Å². The normalized spacial score (nSPS) is 14.0. The van der Waals surface area contributed by atoms with Crippen molar-refractivity contribution in [1.29, 1.82) is 0 Å². The van der Waals surface area contributed by atoms with Crippen molar-refractivity contribution in [3.05, 3.63) is 87.5 Å². The maximum Gasteiger partial charge on any atom is 0.314 e. The summed E-state index contributed by atoms with van der Waals surface area (Å²) < 4.78 is 17.8. The van der Waals surface area contributed by atoms with Crippen molar-refractivity contribution in [1.82, 2.24) is 0 Å². The van der Waals surface area contributed by atoms with Crippen LogP contribution in [0.25, 0.3) is 0 Å². The van der Waals surface area contributed by atoms with Crippen LogP contribution in [0.5, 0.6) is 17.2 Å². The van der Waals surface area contributed by atoms with Crippen LogP contribution in [0, 0.1) is 10.1 Å². The summed E-state index contributed by atoms with van der Waals surface area (Å²) in [6.45, 7) is 14.4. The second-order valence-electron chi connectivity index (χ2n) is 12.4. The highest BCUT2D eigenvalue weighted by Gasteiger charge is 2.38. The van der Waals surface area contributed by atoms with Crippen molar-refractivity contribution < 1.29 is 28.7 Å². The zero-order valence-corrected chi connectivity index (χ0v) is 26.6. The number of anilines is 1. The zero-order valence-electron chi connectivity index (χ0n) is 26.6. The Balaban J connectivity index is 1.71. The van der Waals surface area contributed by atoms with Gasteiger partial charge in [-0.3, -0.25) is 19.7 Å². The molecule has 0 saturated heterocycles. The van der Waals surface area contributed by atoms with Crippen LogP contribution in [0.1, 0.15) is 84.4 Å². The lowest BCUT2D eigenvalue weighted by Gasteiger charge is -2.33. The number of nitro benzene ring substituents is 1. The minimum absolute atomic E-state index is 0.0378. The molecule has 0 aliphatic carbocycles. The van der Waals surface area contributed by atoms with Crippen LogP contribution in [-0.4, -0.2) is 29.4 Å². The zero-order chi connectivity index (χ0) is 32.2. The number of hydrogen-bond acceptors (Lipinski definition) is 7. The molecule has 0 N–H and O–H groups in total. The molecule has 9 heteroatoms. The van der Waals surface area contributed by atoms with Gasteiger partial charge in [-0.1, -0.05) is 90.9 Å². The van der Waals surface area contributed by atoms with Crippen LogP contribution in [0.2, 0.25) is 0 Å². The molecule has 1 unspecified atom stereocenters. The quantitative estimate of drug-likeness (QED) is 0.155. The van der Waals surface area contributed by atoms with Gasteiger partial charge < -0.3 is 14.2 Å². The molecule has 0 bridgehead atoms. The second kappa shape index (κ2) is 13.1. The lowest BCUT2D eigenvalue weighted by Crippen LogP contribution is -2.49. The van der Waals surface area contributed by atoms with E-state index in [9.17, 15) is 19.7 Å². The van der Waals surface area contributed by atoms with Crippen molar-refractivity contribution in [3.63, 3.8) is 0 Å². The lowest BCUT2D eigenvalue weighted by atomic mass is 9.76. The molecule has 3 aromatic carbocycles. The Morgan fingerprint density at radius 2 is 1.66 bits per heavy atom. The van der Waals surface area contributed by atoms with Crippen molar-refractivity contribution in [3.8, 4) is 17.2 Å². The first-order valence-corrected chi connectivity index (χ1v) is 15.1. The topological polar surface area (TPSA) is 108 Å². The summed E-state index contributed by atoms with van der Waals surface area (Å²) in [5.74, 6) is -0.622. The van der Waals surface area contributed by atoms with Gasteiger partial charge in [-0.25, -0.2) is 4.90 Å². The molecule has 1 aliphatic rings. The van der Waals surface area contributed by atoms with Gasteiger partial charge in [0.1, 0.15) is 12.4 Å². The maximum atomic E-state index is 14.1. The van der Waals surface area contributed by atoms with Crippen LogP contribution < -0.4 is 19.1 Å². The fourth-order valence-corrected chi connectivity index (χ4v) is 4.99. The molecule has 1 atom stereocenters. The Kier molecular flexibility index (Phi) is 9.66. The number of amides is 2. The van der Waals surface area contributed by atoms with Gasteiger partial charge in [0.25, 0.3) is 11.8 Å². The number of imide groups is 1. The third kappa shape index (κ3) is 6.72. The molecule has 0 spiro atoms. The van der Waals surface area contributed by atoms with Crippen molar-refractivity contribution in [2.75, 3.05) is 11.5 Å². The maximum absolute atomic E-state index is 14.1. The Morgan fingerprint density at radius 1 is 0.977 bits per heavy atom. The number of ether oxygens (including phenoxy) is 3. The molecule has 1 aliphatic heterocycles. The minimum Gasteiger partial charge on any atom is -0.482 e. The number of hydrogen-bond donors (Lipinski definition) is 0. The van der Waals surface area contributed by atoms with E-state index in [0.29, 0.717) is 5.75 Å². The van der Waals surface area contributed by atoms with E-state index in [-0.39, 0.29) is 46.7 Å². The van der Waals surface area contributed by atoms with E-state index < -0.39 is 29.4 Å². The van der Waals surface area contributed by atoms with Gasteiger partial charge >= 0.3 is 5.69 Å². The van der Waals surface area contributed by atoms with E-state index in [4.69, 9.17) is 14.2 Å². The molecule has 234 valence electrons. The summed E-state index contributed by atoms with van der Waals surface area (Å²) in [5.41, 5.74) is 2.46. The van der Waals surface area contributed by atoms with E-state index in [2.05, 4.69) is 47.6 Å². The summed E-state index contributed by atoms with van der Waals surface area (Å²) in [6, 6.07) is 17.8. The summed E-state index contributed by atoms with van der Waals surface area (Å²) in [4.78, 5) is 39.6. The minimum atomic E-state index is -0.995. The standard InChI is InChI=1S/C35H42N2O7/c1-8-28(44-29-17-16-24(34(4,5)9-2)18-25(29)35(6,7)10-3)33(39)36-26-19-31(42-21-23-14-12-11-13-15-23)27(37(40)41)20-30(26)43-22-32(36)38/h11-20,28H,8-10,21-22H2,1-7H3. The fourth-order valence-electron chi connectivity index (χ4n) is 4.99. The van der Waals surface area contributed by atoms with Gasteiger partial charge in [0, 0.05) is 11.6 Å². The average Bonchev–Trinajstić information content (AvgIpc) is 3.02. The first-order valence-electron chi connectivity index (χ1n) is 15.1. The van der Waals surface area contributed by atoms with Crippen LogP contribution >= 0.6 is 0 Å². The molecule has 9 nitrogen and oxygen atoms in total. The second-order valence-corrected chi connectivity index (χ2v) is 12.4. The highest BCUT2D eigenvalue weighted by atomic mass is 16.6. The summed E-state index contributed by atoms with van der Waals surface area (Å²) in [6.07, 6.45) is 1.11. The largest absolute Gasteiger partial charge is 0.482 e. The molecule has 0 radical (unpaired) electrons. The van der Waals surface area contributed by atoms with Gasteiger partial charge in [-0.05, 0) is 47.3 Å². The van der Waals surface area contributed by atoms with Gasteiger partial charge in [0.05, 0.1) is 16.7 Å². The molecular weight excluding hydrogens is 560 g/mol. The van der Waals surface area contributed by atoms with E-state index in [1.165, 1.54) is 17.7 Å². The van der Waals surface area contributed by atoms with Crippen molar-refractivity contribution in [2.24, 2.45) is 0 Å². The van der Waals surface area contributed by atoms with E-state index in [0.717, 1.165) is 28.9 Å². The third-order valence-electron chi connectivity index (χ3n) is 8.71. The Hall–Kier alpha value is -4.40. The van der Waals surface area contributed by atoms with Gasteiger partial charge in [0.15, 0.2) is 24.2 Å². The molecule has 4 rings (SSSR count). The molecule has 44 heavy (non-hydrogen) atoms. The van der Waals surface area contributed by atoms with Crippen LogP contribution in [0.3, 0.4) is 0 Å². The number of carbonyl (C=O) groups excluding carboxylic acids is 2. The summed E-state index contributed by atoms with van der Waals surface area (Å²) >= 11 is 0. The Morgan fingerprint density at radius 3 is 2.27 bits per heavy atom.